The molecule has 0 aliphatic carbocycles. The molecule has 0 radical (unpaired) electrons. The molecule has 0 bridgehead atoms. The normalized spacial score (nSPS) is 17.5. The molecule has 2 heterocycles. The van der Waals surface area contributed by atoms with Crippen LogP contribution >= 0.6 is 0 Å². The molecule has 21 heavy (non-hydrogen) atoms. The zero-order valence-corrected chi connectivity index (χ0v) is 12.2. The van der Waals surface area contributed by atoms with Crippen LogP contribution in [0.3, 0.4) is 0 Å². The molecule has 0 spiro atoms. The lowest BCUT2D eigenvalue weighted by molar-refractivity contribution is 0.659. The summed E-state index contributed by atoms with van der Waals surface area (Å²) in [6.07, 6.45) is 2.10. The maximum atomic E-state index is 4.79. The molecule has 3 aromatic rings. The minimum atomic E-state index is 0.414. The second-order valence-corrected chi connectivity index (χ2v) is 5.77. The van der Waals surface area contributed by atoms with Crippen molar-refractivity contribution in [2.45, 2.75) is 25.7 Å². The number of anilines is 1. The van der Waals surface area contributed by atoms with Crippen LogP contribution in [0.5, 0.6) is 0 Å². The number of para-hydroxylation sites is 1. The van der Waals surface area contributed by atoms with E-state index in [1.165, 1.54) is 16.8 Å². The smallest absolute Gasteiger partial charge is 0.112 e. The van der Waals surface area contributed by atoms with Crippen molar-refractivity contribution in [2.75, 3.05) is 11.9 Å². The number of imidazole rings is 1. The van der Waals surface area contributed by atoms with Crippen LogP contribution in [0.2, 0.25) is 0 Å². The standard InChI is InChI=1S/C18H19N3/c1-2-12-7-8-16-17(9-12)21-18(20-16)14-10-13-5-3-4-6-15(13)19-11-14/h3-9,14,19H,2,10-11H2,1H3,(H,20,21). The minimum Gasteiger partial charge on any atom is -0.384 e. The fourth-order valence-corrected chi connectivity index (χ4v) is 3.12. The number of nitrogens with one attached hydrogen (secondary N) is 2. The number of aryl methyl sites for hydroxylation is 1. The number of fused-ring (bicyclic) bond motifs is 2. The van der Waals surface area contributed by atoms with Crippen molar-refractivity contribution in [1.29, 1.82) is 0 Å². The van der Waals surface area contributed by atoms with Gasteiger partial charge in [0.25, 0.3) is 0 Å². The highest BCUT2D eigenvalue weighted by atomic mass is 15.0. The van der Waals surface area contributed by atoms with E-state index in [2.05, 4.69) is 59.7 Å². The van der Waals surface area contributed by atoms with Gasteiger partial charge in [-0.2, -0.15) is 0 Å². The molecule has 1 aliphatic rings. The molecule has 106 valence electrons. The fraction of sp³-hybridized carbons (Fsp3) is 0.278. The van der Waals surface area contributed by atoms with Crippen LogP contribution in [0.1, 0.15) is 29.8 Å². The van der Waals surface area contributed by atoms with Crippen LogP contribution in [0.4, 0.5) is 5.69 Å². The summed E-state index contributed by atoms with van der Waals surface area (Å²) in [5.74, 6) is 1.51. The van der Waals surface area contributed by atoms with E-state index in [9.17, 15) is 0 Å². The lowest BCUT2D eigenvalue weighted by Crippen LogP contribution is -2.22. The van der Waals surface area contributed by atoms with E-state index >= 15 is 0 Å². The molecule has 0 saturated carbocycles. The monoisotopic (exact) mass is 277 g/mol. The Morgan fingerprint density at radius 3 is 3.00 bits per heavy atom. The Hall–Kier alpha value is -2.29. The summed E-state index contributed by atoms with van der Waals surface area (Å²) in [5, 5.41) is 3.52. The molecular formula is C18H19N3. The van der Waals surface area contributed by atoms with E-state index in [1.54, 1.807) is 0 Å². The quantitative estimate of drug-likeness (QED) is 0.746. The first-order valence-corrected chi connectivity index (χ1v) is 7.64. The van der Waals surface area contributed by atoms with Crippen LogP contribution in [-0.2, 0) is 12.8 Å². The molecule has 0 saturated heterocycles. The largest absolute Gasteiger partial charge is 0.384 e. The molecule has 0 fully saturated rings. The third kappa shape index (κ3) is 2.19. The summed E-state index contributed by atoms with van der Waals surface area (Å²) in [6, 6.07) is 15.1. The molecule has 3 nitrogen and oxygen atoms in total. The number of hydrogen-bond donors (Lipinski definition) is 2. The van der Waals surface area contributed by atoms with Gasteiger partial charge in [-0.3, -0.25) is 0 Å². The molecule has 0 amide bonds. The van der Waals surface area contributed by atoms with Crippen LogP contribution in [0, 0.1) is 0 Å². The summed E-state index contributed by atoms with van der Waals surface area (Å²) in [5.41, 5.74) is 6.22. The number of benzene rings is 2. The Kier molecular flexibility index (Phi) is 2.92. The second kappa shape index (κ2) is 4.92. The summed E-state index contributed by atoms with van der Waals surface area (Å²) < 4.78 is 0. The molecule has 1 aliphatic heterocycles. The lowest BCUT2D eigenvalue weighted by Gasteiger charge is -2.24. The van der Waals surface area contributed by atoms with Gasteiger partial charge in [0, 0.05) is 18.2 Å². The van der Waals surface area contributed by atoms with Gasteiger partial charge in [0.2, 0.25) is 0 Å². The van der Waals surface area contributed by atoms with Gasteiger partial charge in [-0.05, 0) is 42.2 Å². The Morgan fingerprint density at radius 2 is 2.10 bits per heavy atom. The van der Waals surface area contributed by atoms with Gasteiger partial charge < -0.3 is 10.3 Å². The Morgan fingerprint density at radius 1 is 1.19 bits per heavy atom. The van der Waals surface area contributed by atoms with Crippen molar-refractivity contribution in [1.82, 2.24) is 9.97 Å². The van der Waals surface area contributed by atoms with E-state index in [1.807, 2.05) is 0 Å². The number of aromatic amines is 1. The number of hydrogen-bond acceptors (Lipinski definition) is 2. The van der Waals surface area contributed by atoms with Gasteiger partial charge >= 0.3 is 0 Å². The molecule has 1 unspecified atom stereocenters. The second-order valence-electron chi connectivity index (χ2n) is 5.77. The maximum absolute atomic E-state index is 4.79. The Balaban J connectivity index is 1.68. The first-order valence-electron chi connectivity index (χ1n) is 7.64. The molecule has 4 rings (SSSR count). The molecule has 2 N–H and O–H groups in total. The highest BCUT2D eigenvalue weighted by Gasteiger charge is 2.22. The average Bonchev–Trinajstić information content (AvgIpc) is 2.97. The molecule has 3 heteroatoms. The van der Waals surface area contributed by atoms with Gasteiger partial charge in [-0.1, -0.05) is 31.2 Å². The molecule has 1 aromatic heterocycles. The minimum absolute atomic E-state index is 0.414. The molecule has 2 aromatic carbocycles. The first-order chi connectivity index (χ1) is 10.3. The van der Waals surface area contributed by atoms with Gasteiger partial charge in [0.1, 0.15) is 5.82 Å². The number of H-pyrrole nitrogens is 1. The van der Waals surface area contributed by atoms with Crippen LogP contribution in [0.15, 0.2) is 42.5 Å². The van der Waals surface area contributed by atoms with Gasteiger partial charge in [0.15, 0.2) is 0 Å². The molecular weight excluding hydrogens is 258 g/mol. The highest BCUT2D eigenvalue weighted by molar-refractivity contribution is 5.76. The zero-order valence-electron chi connectivity index (χ0n) is 12.2. The van der Waals surface area contributed by atoms with Crippen molar-refractivity contribution in [3.05, 3.63) is 59.4 Å². The van der Waals surface area contributed by atoms with Crippen molar-refractivity contribution < 1.29 is 0 Å². The van der Waals surface area contributed by atoms with Crippen molar-refractivity contribution in [3.8, 4) is 0 Å². The van der Waals surface area contributed by atoms with Crippen LogP contribution in [-0.4, -0.2) is 16.5 Å². The summed E-state index contributed by atoms with van der Waals surface area (Å²) in [7, 11) is 0. The van der Waals surface area contributed by atoms with Gasteiger partial charge in [-0.25, -0.2) is 4.98 Å². The van der Waals surface area contributed by atoms with E-state index in [0.717, 1.165) is 36.2 Å². The summed E-state index contributed by atoms with van der Waals surface area (Å²) >= 11 is 0. The highest BCUT2D eigenvalue weighted by Crippen LogP contribution is 2.30. The van der Waals surface area contributed by atoms with Gasteiger partial charge in [-0.15, -0.1) is 0 Å². The predicted molar refractivity (Wildman–Crippen MR) is 86.8 cm³/mol. The topological polar surface area (TPSA) is 40.7 Å². The SMILES string of the molecule is CCc1ccc2nc(C3CNc4ccccc4C3)[nH]c2c1. The third-order valence-electron chi connectivity index (χ3n) is 4.38. The molecule has 1 atom stereocenters. The van der Waals surface area contributed by atoms with E-state index in [0.29, 0.717) is 5.92 Å². The van der Waals surface area contributed by atoms with Crippen LogP contribution < -0.4 is 5.32 Å². The van der Waals surface area contributed by atoms with E-state index < -0.39 is 0 Å². The fourth-order valence-electron chi connectivity index (χ4n) is 3.12. The third-order valence-corrected chi connectivity index (χ3v) is 4.38. The predicted octanol–water partition coefficient (Wildman–Crippen LogP) is 3.88. The summed E-state index contributed by atoms with van der Waals surface area (Å²) in [4.78, 5) is 8.31. The number of rotatable bonds is 2. The van der Waals surface area contributed by atoms with Crippen molar-refractivity contribution in [3.63, 3.8) is 0 Å². The van der Waals surface area contributed by atoms with Crippen LogP contribution in [0.25, 0.3) is 11.0 Å². The number of aromatic nitrogens is 2. The number of nitrogens with zero attached hydrogens (tertiary/aromatic N) is 1. The van der Waals surface area contributed by atoms with Crippen molar-refractivity contribution >= 4 is 16.7 Å². The average molecular weight is 277 g/mol. The van der Waals surface area contributed by atoms with E-state index in [4.69, 9.17) is 4.98 Å². The zero-order chi connectivity index (χ0) is 14.2. The lowest BCUT2D eigenvalue weighted by atomic mass is 9.93. The van der Waals surface area contributed by atoms with Gasteiger partial charge in [0.05, 0.1) is 11.0 Å². The summed E-state index contributed by atoms with van der Waals surface area (Å²) in [6.45, 7) is 3.12. The first kappa shape index (κ1) is 12.5. The van der Waals surface area contributed by atoms with Crippen molar-refractivity contribution in [2.24, 2.45) is 0 Å². The maximum Gasteiger partial charge on any atom is 0.112 e. The Bertz CT molecular complexity index is 788. The van der Waals surface area contributed by atoms with E-state index in [-0.39, 0.29) is 0 Å². The Labute approximate surface area is 124 Å².